The van der Waals surface area contributed by atoms with E-state index in [1.54, 1.807) is 7.11 Å². The molecule has 110 valence electrons. The number of rotatable bonds is 6. The molecule has 2 aromatic carbocycles. The van der Waals surface area contributed by atoms with E-state index in [2.05, 4.69) is 10.6 Å². The standard InChI is InChI=1S/C17H20N2O2/c1-13(14-8-10-16(21-2)11-9-14)19-17(20)12-18-15-6-4-3-5-7-15/h3-11,13,18H,12H2,1-2H3,(H,19,20)/t13-/m1/s1. The monoisotopic (exact) mass is 284 g/mol. The van der Waals surface area contributed by atoms with Gasteiger partial charge in [0.05, 0.1) is 19.7 Å². The Morgan fingerprint density at radius 2 is 1.76 bits per heavy atom. The van der Waals surface area contributed by atoms with Crippen LogP contribution in [0.5, 0.6) is 5.75 Å². The predicted molar refractivity (Wildman–Crippen MR) is 84.5 cm³/mol. The fraction of sp³-hybridized carbons (Fsp3) is 0.235. The van der Waals surface area contributed by atoms with Crippen LogP contribution in [-0.2, 0) is 4.79 Å². The first kappa shape index (κ1) is 14.9. The summed E-state index contributed by atoms with van der Waals surface area (Å²) >= 11 is 0. The van der Waals surface area contributed by atoms with Crippen LogP contribution in [0.2, 0.25) is 0 Å². The SMILES string of the molecule is COc1ccc([C@@H](C)NC(=O)CNc2ccccc2)cc1. The third-order valence-corrected chi connectivity index (χ3v) is 3.22. The molecule has 0 spiro atoms. The molecule has 0 aliphatic heterocycles. The van der Waals surface area contributed by atoms with Crippen LogP contribution in [0.15, 0.2) is 54.6 Å². The van der Waals surface area contributed by atoms with Gasteiger partial charge in [-0.3, -0.25) is 4.79 Å². The average Bonchev–Trinajstić information content (AvgIpc) is 2.54. The number of para-hydroxylation sites is 1. The third-order valence-electron chi connectivity index (χ3n) is 3.22. The normalized spacial score (nSPS) is 11.5. The van der Waals surface area contributed by atoms with Crippen LogP contribution in [0.1, 0.15) is 18.5 Å². The van der Waals surface area contributed by atoms with Gasteiger partial charge in [0.15, 0.2) is 0 Å². The first-order valence-electron chi connectivity index (χ1n) is 6.91. The summed E-state index contributed by atoms with van der Waals surface area (Å²) in [6.07, 6.45) is 0. The second-order valence-electron chi connectivity index (χ2n) is 4.78. The van der Waals surface area contributed by atoms with Crippen molar-refractivity contribution in [2.24, 2.45) is 0 Å². The Bertz CT molecular complexity index is 567. The molecule has 1 atom stereocenters. The van der Waals surface area contributed by atoms with E-state index in [1.807, 2.05) is 61.5 Å². The zero-order valence-electron chi connectivity index (χ0n) is 12.3. The first-order valence-corrected chi connectivity index (χ1v) is 6.91. The van der Waals surface area contributed by atoms with Crippen LogP contribution in [0, 0.1) is 0 Å². The van der Waals surface area contributed by atoms with Gasteiger partial charge in [-0.05, 0) is 36.8 Å². The van der Waals surface area contributed by atoms with Gasteiger partial charge >= 0.3 is 0 Å². The van der Waals surface area contributed by atoms with Crippen LogP contribution >= 0.6 is 0 Å². The third kappa shape index (κ3) is 4.53. The fourth-order valence-electron chi connectivity index (χ4n) is 2.01. The van der Waals surface area contributed by atoms with Gasteiger partial charge < -0.3 is 15.4 Å². The lowest BCUT2D eigenvalue weighted by Crippen LogP contribution is -2.32. The Kier molecular flexibility index (Phi) is 5.21. The Morgan fingerprint density at radius 1 is 1.10 bits per heavy atom. The summed E-state index contributed by atoms with van der Waals surface area (Å²) in [4.78, 5) is 11.9. The highest BCUT2D eigenvalue weighted by Gasteiger charge is 2.09. The van der Waals surface area contributed by atoms with Crippen LogP contribution in [0.25, 0.3) is 0 Å². The summed E-state index contributed by atoms with van der Waals surface area (Å²) in [6, 6.07) is 17.3. The molecule has 0 aliphatic carbocycles. The van der Waals surface area contributed by atoms with Gasteiger partial charge in [0.25, 0.3) is 0 Å². The van der Waals surface area contributed by atoms with Crippen molar-refractivity contribution in [3.63, 3.8) is 0 Å². The fourth-order valence-corrected chi connectivity index (χ4v) is 2.01. The van der Waals surface area contributed by atoms with E-state index in [-0.39, 0.29) is 18.5 Å². The second-order valence-corrected chi connectivity index (χ2v) is 4.78. The number of hydrogen-bond acceptors (Lipinski definition) is 3. The molecular weight excluding hydrogens is 264 g/mol. The summed E-state index contributed by atoms with van der Waals surface area (Å²) in [5.74, 6) is 0.769. The Morgan fingerprint density at radius 3 is 2.38 bits per heavy atom. The summed E-state index contributed by atoms with van der Waals surface area (Å²) in [5.41, 5.74) is 1.98. The van der Waals surface area contributed by atoms with Crippen molar-refractivity contribution in [2.45, 2.75) is 13.0 Å². The quantitative estimate of drug-likeness (QED) is 0.857. The van der Waals surface area contributed by atoms with E-state index in [4.69, 9.17) is 4.74 Å². The van der Waals surface area contributed by atoms with Crippen LogP contribution < -0.4 is 15.4 Å². The number of anilines is 1. The molecule has 0 aliphatic rings. The molecule has 1 amide bonds. The molecule has 0 saturated carbocycles. The van der Waals surface area contributed by atoms with Crippen molar-refractivity contribution in [3.05, 3.63) is 60.2 Å². The number of methoxy groups -OCH3 is 1. The molecule has 0 radical (unpaired) electrons. The van der Waals surface area contributed by atoms with Crippen molar-refractivity contribution in [1.29, 1.82) is 0 Å². The number of nitrogens with one attached hydrogen (secondary N) is 2. The molecule has 0 aromatic heterocycles. The lowest BCUT2D eigenvalue weighted by molar-refractivity contribution is -0.120. The maximum Gasteiger partial charge on any atom is 0.239 e. The molecule has 2 rings (SSSR count). The summed E-state index contributed by atoms with van der Waals surface area (Å²) in [5, 5.41) is 6.05. The molecule has 0 fully saturated rings. The molecule has 2 N–H and O–H groups in total. The van der Waals surface area contributed by atoms with Gasteiger partial charge in [-0.25, -0.2) is 0 Å². The predicted octanol–water partition coefficient (Wildman–Crippen LogP) is 2.98. The lowest BCUT2D eigenvalue weighted by Gasteiger charge is -2.15. The van der Waals surface area contributed by atoms with Gasteiger partial charge in [0, 0.05) is 5.69 Å². The van der Waals surface area contributed by atoms with Gasteiger partial charge in [0.2, 0.25) is 5.91 Å². The molecule has 0 bridgehead atoms. The largest absolute Gasteiger partial charge is 0.497 e. The molecular formula is C17H20N2O2. The highest BCUT2D eigenvalue weighted by atomic mass is 16.5. The van der Waals surface area contributed by atoms with Crippen molar-refractivity contribution in [2.75, 3.05) is 19.0 Å². The second kappa shape index (κ2) is 7.33. The average molecular weight is 284 g/mol. The van der Waals surface area contributed by atoms with E-state index in [0.29, 0.717) is 0 Å². The van der Waals surface area contributed by atoms with Crippen molar-refractivity contribution < 1.29 is 9.53 Å². The number of ether oxygens (including phenoxy) is 1. The first-order chi connectivity index (χ1) is 10.2. The minimum absolute atomic E-state index is 0.0397. The Balaban J connectivity index is 1.83. The van der Waals surface area contributed by atoms with E-state index in [1.165, 1.54) is 0 Å². The Labute approximate surface area is 125 Å². The molecule has 4 nitrogen and oxygen atoms in total. The highest BCUT2D eigenvalue weighted by molar-refractivity contribution is 5.81. The zero-order valence-corrected chi connectivity index (χ0v) is 12.3. The smallest absolute Gasteiger partial charge is 0.239 e. The van der Waals surface area contributed by atoms with Crippen LogP contribution in [-0.4, -0.2) is 19.6 Å². The van der Waals surface area contributed by atoms with Crippen molar-refractivity contribution >= 4 is 11.6 Å². The van der Waals surface area contributed by atoms with Gasteiger partial charge in [-0.1, -0.05) is 30.3 Å². The topological polar surface area (TPSA) is 50.4 Å². The van der Waals surface area contributed by atoms with Crippen LogP contribution in [0.3, 0.4) is 0 Å². The minimum Gasteiger partial charge on any atom is -0.497 e. The number of hydrogen-bond donors (Lipinski definition) is 2. The van der Waals surface area contributed by atoms with Crippen molar-refractivity contribution in [3.8, 4) is 5.75 Å². The Hall–Kier alpha value is -2.49. The van der Waals surface area contributed by atoms with E-state index in [0.717, 1.165) is 17.0 Å². The van der Waals surface area contributed by atoms with Gasteiger partial charge in [-0.15, -0.1) is 0 Å². The maximum atomic E-state index is 11.9. The lowest BCUT2D eigenvalue weighted by atomic mass is 10.1. The number of amides is 1. The highest BCUT2D eigenvalue weighted by Crippen LogP contribution is 2.17. The van der Waals surface area contributed by atoms with E-state index < -0.39 is 0 Å². The number of benzene rings is 2. The van der Waals surface area contributed by atoms with Gasteiger partial charge in [0.1, 0.15) is 5.75 Å². The molecule has 4 heteroatoms. The van der Waals surface area contributed by atoms with Gasteiger partial charge in [-0.2, -0.15) is 0 Å². The number of carbonyl (C=O) groups is 1. The summed E-state index contributed by atoms with van der Waals surface area (Å²) < 4.78 is 5.12. The van der Waals surface area contributed by atoms with E-state index in [9.17, 15) is 4.79 Å². The molecule has 0 saturated heterocycles. The summed E-state index contributed by atoms with van der Waals surface area (Å²) in [6.45, 7) is 2.22. The molecule has 0 unspecified atom stereocenters. The summed E-state index contributed by atoms with van der Waals surface area (Å²) in [7, 11) is 1.63. The zero-order chi connectivity index (χ0) is 15.1. The maximum absolute atomic E-state index is 11.9. The van der Waals surface area contributed by atoms with Crippen LogP contribution in [0.4, 0.5) is 5.69 Å². The minimum atomic E-state index is -0.0408. The molecule has 2 aromatic rings. The molecule has 0 heterocycles. The van der Waals surface area contributed by atoms with Crippen molar-refractivity contribution in [1.82, 2.24) is 5.32 Å². The number of carbonyl (C=O) groups excluding carboxylic acids is 1. The molecule has 21 heavy (non-hydrogen) atoms. The van der Waals surface area contributed by atoms with E-state index >= 15 is 0 Å².